The summed E-state index contributed by atoms with van der Waals surface area (Å²) in [5, 5.41) is 2.91. The smallest absolute Gasteiger partial charge is 0.243 e. The van der Waals surface area contributed by atoms with E-state index in [0.717, 1.165) is 11.8 Å². The second kappa shape index (κ2) is 14.6. The molecule has 0 radical (unpaired) electrons. The maximum absolute atomic E-state index is 13.6. The Morgan fingerprint density at radius 2 is 1.76 bits per heavy atom. The lowest BCUT2D eigenvalue weighted by molar-refractivity contribution is -0.141. The lowest BCUT2D eigenvalue weighted by atomic mass is 10.1. The van der Waals surface area contributed by atoms with Crippen LogP contribution in [0.3, 0.4) is 0 Å². The monoisotopic (exact) mass is 547 g/mol. The summed E-state index contributed by atoms with van der Waals surface area (Å²) < 4.78 is 37.5. The Hall–Kier alpha value is -3.27. The van der Waals surface area contributed by atoms with Crippen LogP contribution in [-0.4, -0.2) is 63.7 Å². The van der Waals surface area contributed by atoms with Crippen LogP contribution in [0, 0.1) is 0 Å². The molecule has 0 aliphatic rings. The van der Waals surface area contributed by atoms with Crippen LogP contribution in [0.25, 0.3) is 0 Å². The minimum Gasteiger partial charge on any atom is -0.497 e. The number of amides is 2. The first-order chi connectivity index (χ1) is 18.0. The van der Waals surface area contributed by atoms with E-state index in [0.29, 0.717) is 30.2 Å². The third-order valence-corrected chi connectivity index (χ3v) is 7.07. The van der Waals surface area contributed by atoms with Crippen molar-refractivity contribution in [1.82, 2.24) is 10.2 Å². The number of hydrogen-bond donors (Lipinski definition) is 1. The largest absolute Gasteiger partial charge is 0.497 e. The number of hydrogen-bond acceptors (Lipinski definition) is 6. The van der Waals surface area contributed by atoms with Crippen molar-refractivity contribution in [2.45, 2.75) is 65.6 Å². The number of carbonyl (C=O) groups is 2. The lowest BCUT2D eigenvalue weighted by Crippen LogP contribution is -2.50. The molecule has 0 aliphatic carbocycles. The van der Waals surface area contributed by atoms with E-state index in [4.69, 9.17) is 9.47 Å². The summed E-state index contributed by atoms with van der Waals surface area (Å²) in [5.74, 6) is 0.668. The molecule has 0 spiro atoms. The number of benzene rings is 2. The van der Waals surface area contributed by atoms with Gasteiger partial charge in [0, 0.05) is 25.6 Å². The Labute approximate surface area is 227 Å². The van der Waals surface area contributed by atoms with Crippen molar-refractivity contribution in [3.8, 4) is 11.5 Å². The molecule has 2 aromatic carbocycles. The van der Waals surface area contributed by atoms with Gasteiger partial charge in [-0.05, 0) is 63.4 Å². The van der Waals surface area contributed by atoms with Gasteiger partial charge in [0.1, 0.15) is 17.5 Å². The molecule has 38 heavy (non-hydrogen) atoms. The molecule has 10 heteroatoms. The van der Waals surface area contributed by atoms with E-state index < -0.39 is 16.1 Å². The normalized spacial score (nSPS) is 12.1. The van der Waals surface area contributed by atoms with Crippen LogP contribution in [0.2, 0.25) is 0 Å². The van der Waals surface area contributed by atoms with Gasteiger partial charge in [-0.2, -0.15) is 0 Å². The highest BCUT2D eigenvalue weighted by atomic mass is 32.2. The molecule has 0 saturated heterocycles. The van der Waals surface area contributed by atoms with Crippen molar-refractivity contribution in [3.63, 3.8) is 0 Å². The highest BCUT2D eigenvalue weighted by molar-refractivity contribution is 7.92. The highest BCUT2D eigenvalue weighted by Crippen LogP contribution is 2.30. The number of carbonyl (C=O) groups excluding carboxylic acids is 2. The molecule has 1 atom stereocenters. The van der Waals surface area contributed by atoms with Gasteiger partial charge in [0.15, 0.2) is 0 Å². The first-order valence-electron chi connectivity index (χ1n) is 12.9. The van der Waals surface area contributed by atoms with Gasteiger partial charge < -0.3 is 19.7 Å². The third kappa shape index (κ3) is 8.93. The van der Waals surface area contributed by atoms with Gasteiger partial charge in [-0.15, -0.1) is 0 Å². The van der Waals surface area contributed by atoms with E-state index >= 15 is 0 Å². The molecule has 0 fully saturated rings. The van der Waals surface area contributed by atoms with Crippen LogP contribution < -0.4 is 19.1 Å². The summed E-state index contributed by atoms with van der Waals surface area (Å²) in [5.41, 5.74) is 1.26. The van der Waals surface area contributed by atoms with Crippen molar-refractivity contribution in [1.29, 1.82) is 0 Å². The average molecular weight is 548 g/mol. The second-order valence-corrected chi connectivity index (χ2v) is 11.2. The van der Waals surface area contributed by atoms with Crippen LogP contribution in [0.1, 0.15) is 52.5 Å². The van der Waals surface area contributed by atoms with Gasteiger partial charge in [0.2, 0.25) is 21.8 Å². The molecule has 0 unspecified atom stereocenters. The molecule has 0 heterocycles. The molecule has 2 rings (SSSR count). The van der Waals surface area contributed by atoms with E-state index in [2.05, 4.69) is 5.32 Å². The van der Waals surface area contributed by atoms with Crippen molar-refractivity contribution < 1.29 is 27.5 Å². The zero-order valence-corrected chi connectivity index (χ0v) is 24.1. The highest BCUT2D eigenvalue weighted by Gasteiger charge is 2.29. The fourth-order valence-corrected chi connectivity index (χ4v) is 5.16. The first kappa shape index (κ1) is 31.0. The van der Waals surface area contributed by atoms with Crippen LogP contribution in [0.5, 0.6) is 11.5 Å². The van der Waals surface area contributed by atoms with Crippen LogP contribution in [-0.2, 0) is 26.2 Å². The van der Waals surface area contributed by atoms with Crippen molar-refractivity contribution >= 4 is 27.5 Å². The summed E-state index contributed by atoms with van der Waals surface area (Å²) >= 11 is 0. The number of nitrogens with zero attached hydrogens (tertiary/aromatic N) is 2. The van der Waals surface area contributed by atoms with E-state index in [9.17, 15) is 18.0 Å². The van der Waals surface area contributed by atoms with Crippen LogP contribution in [0.4, 0.5) is 5.69 Å². The number of anilines is 1. The zero-order valence-electron chi connectivity index (χ0n) is 23.3. The molecule has 2 amide bonds. The quantitative estimate of drug-likeness (QED) is 0.362. The van der Waals surface area contributed by atoms with E-state index in [1.807, 2.05) is 52.0 Å². The topological polar surface area (TPSA) is 105 Å². The second-order valence-electron chi connectivity index (χ2n) is 9.30. The lowest BCUT2D eigenvalue weighted by Gasteiger charge is -2.31. The van der Waals surface area contributed by atoms with Crippen LogP contribution >= 0.6 is 0 Å². The van der Waals surface area contributed by atoms with Crippen LogP contribution in [0.15, 0.2) is 48.5 Å². The summed E-state index contributed by atoms with van der Waals surface area (Å²) in [4.78, 5) is 28.1. The molecular weight excluding hydrogens is 506 g/mol. The Bertz CT molecular complexity index is 1170. The molecular formula is C28H41N3O6S. The van der Waals surface area contributed by atoms with Crippen molar-refractivity contribution in [3.05, 3.63) is 54.1 Å². The van der Waals surface area contributed by atoms with Gasteiger partial charge in [-0.3, -0.25) is 13.9 Å². The SMILES string of the molecule is CCOc1ccccc1N(CCCC(=O)N(Cc1cccc(OC)c1)[C@H](CC)C(=O)NC(C)C)S(C)(=O)=O. The van der Waals surface area contributed by atoms with Gasteiger partial charge >= 0.3 is 0 Å². The number of ether oxygens (including phenoxy) is 2. The standard InChI is InChI=1S/C28H41N3O6S/c1-7-24(28(33)29-21(3)4)30(20-22-13-11-14-23(19-22)36-5)27(32)17-12-18-31(38(6,34)35)25-15-9-10-16-26(25)37-8-2/h9-11,13-16,19,21,24H,7-8,12,17-18,20H2,1-6H3,(H,29,33)/t24-/m1/s1. The molecule has 0 aromatic heterocycles. The summed E-state index contributed by atoms with van der Waals surface area (Å²) in [7, 11) is -2.06. The predicted octanol–water partition coefficient (Wildman–Crippen LogP) is 3.97. The summed E-state index contributed by atoms with van der Waals surface area (Å²) in [6.07, 6.45) is 1.91. The van der Waals surface area contributed by atoms with Crippen molar-refractivity contribution in [2.24, 2.45) is 0 Å². The zero-order chi connectivity index (χ0) is 28.3. The van der Waals surface area contributed by atoms with E-state index in [1.54, 1.807) is 36.3 Å². The predicted molar refractivity (Wildman–Crippen MR) is 150 cm³/mol. The Balaban J connectivity index is 2.27. The number of methoxy groups -OCH3 is 1. The number of sulfonamides is 1. The number of rotatable bonds is 15. The molecule has 0 saturated carbocycles. The van der Waals surface area contributed by atoms with E-state index in [1.165, 1.54) is 4.31 Å². The Morgan fingerprint density at radius 1 is 1.05 bits per heavy atom. The number of para-hydroxylation sites is 2. The Morgan fingerprint density at radius 3 is 2.37 bits per heavy atom. The summed E-state index contributed by atoms with van der Waals surface area (Å²) in [6, 6.07) is 13.6. The maximum atomic E-state index is 13.6. The molecule has 0 bridgehead atoms. The molecule has 0 aliphatic heterocycles. The van der Waals surface area contributed by atoms with Gasteiger partial charge in [0.25, 0.3) is 0 Å². The van der Waals surface area contributed by atoms with Gasteiger partial charge in [0.05, 0.1) is 25.7 Å². The van der Waals surface area contributed by atoms with Gasteiger partial charge in [-0.1, -0.05) is 31.2 Å². The molecule has 9 nitrogen and oxygen atoms in total. The maximum Gasteiger partial charge on any atom is 0.243 e. The minimum absolute atomic E-state index is 0.0677. The van der Waals surface area contributed by atoms with Crippen molar-refractivity contribution in [2.75, 3.05) is 30.8 Å². The fraction of sp³-hybridized carbons (Fsp3) is 0.500. The molecule has 210 valence electrons. The average Bonchev–Trinajstić information content (AvgIpc) is 2.86. The first-order valence-corrected chi connectivity index (χ1v) is 14.8. The molecule has 2 aromatic rings. The third-order valence-electron chi connectivity index (χ3n) is 5.89. The molecule has 1 N–H and O–H groups in total. The van der Waals surface area contributed by atoms with E-state index in [-0.39, 0.29) is 43.8 Å². The minimum atomic E-state index is -3.63. The number of nitrogens with one attached hydrogen (secondary N) is 1. The Kier molecular flexibility index (Phi) is 11.9. The van der Waals surface area contributed by atoms with Gasteiger partial charge in [-0.25, -0.2) is 8.42 Å². The fourth-order valence-electron chi connectivity index (χ4n) is 4.19. The summed E-state index contributed by atoms with van der Waals surface area (Å²) in [6.45, 7) is 8.16.